The van der Waals surface area contributed by atoms with E-state index in [2.05, 4.69) is 16.0 Å². The molecule has 0 saturated heterocycles. The van der Waals surface area contributed by atoms with Crippen LogP contribution in [0.1, 0.15) is 51.5 Å². The van der Waals surface area contributed by atoms with E-state index in [0.29, 0.717) is 72.0 Å². The Labute approximate surface area is 299 Å². The molecule has 13 nitrogen and oxygen atoms in total. The van der Waals surface area contributed by atoms with E-state index in [-0.39, 0.29) is 55.7 Å². The molecule has 4 rings (SSSR count). The first-order valence-corrected chi connectivity index (χ1v) is 17.3. The number of ether oxygens (including phenoxy) is 2. The number of nitrogen functional groups attached to an aromatic ring is 1. The third-order valence-corrected chi connectivity index (χ3v) is 8.88. The third kappa shape index (κ3) is 11.4. The number of nitrogens with zero attached hydrogens (tertiary/aromatic N) is 2. The molecule has 0 bridgehead atoms. The van der Waals surface area contributed by atoms with Gasteiger partial charge in [-0.25, -0.2) is 4.79 Å². The maximum Gasteiger partial charge on any atom is 0.321 e. The summed E-state index contributed by atoms with van der Waals surface area (Å²) in [7, 11) is 3.25. The molecule has 3 aromatic rings. The first-order valence-electron chi connectivity index (χ1n) is 17.3. The highest BCUT2D eigenvalue weighted by Crippen LogP contribution is 2.30. The Morgan fingerprint density at radius 3 is 2.31 bits per heavy atom. The summed E-state index contributed by atoms with van der Waals surface area (Å²) in [6.45, 7) is 4.08. The number of methoxy groups -OCH3 is 1. The van der Waals surface area contributed by atoms with Gasteiger partial charge in [-0.3, -0.25) is 14.4 Å². The zero-order valence-electron chi connectivity index (χ0n) is 29.8. The minimum Gasteiger partial charge on any atom is -0.497 e. The summed E-state index contributed by atoms with van der Waals surface area (Å²) in [6.07, 6.45) is 2.03. The number of rotatable bonds is 14. The molecular formula is C38H50N6O7. The van der Waals surface area contributed by atoms with E-state index in [4.69, 9.17) is 15.2 Å². The number of carbonyl (C=O) groups is 4. The molecule has 0 aliphatic carbocycles. The summed E-state index contributed by atoms with van der Waals surface area (Å²) in [5.74, 6) is 0.470. The van der Waals surface area contributed by atoms with Crippen molar-refractivity contribution in [2.24, 2.45) is 5.92 Å². The molecule has 1 aliphatic rings. The fourth-order valence-electron chi connectivity index (χ4n) is 5.77. The van der Waals surface area contributed by atoms with Gasteiger partial charge in [-0.1, -0.05) is 25.5 Å². The van der Waals surface area contributed by atoms with Crippen LogP contribution in [0.15, 0.2) is 66.7 Å². The third-order valence-electron chi connectivity index (χ3n) is 8.88. The van der Waals surface area contributed by atoms with Crippen molar-refractivity contribution in [2.45, 2.75) is 64.5 Å². The summed E-state index contributed by atoms with van der Waals surface area (Å²) in [6, 6.07) is 18.5. The molecule has 13 heteroatoms. The monoisotopic (exact) mass is 702 g/mol. The highest BCUT2D eigenvalue weighted by atomic mass is 16.5. The summed E-state index contributed by atoms with van der Waals surface area (Å²) in [4.78, 5) is 55.0. The van der Waals surface area contributed by atoms with Crippen molar-refractivity contribution in [2.75, 3.05) is 55.5 Å². The highest BCUT2D eigenvalue weighted by molar-refractivity contribution is 5.94. The number of aliphatic hydroxyl groups is 1. The number of nitrogens with one attached hydrogen (secondary N) is 3. The molecule has 3 aromatic carbocycles. The maximum atomic E-state index is 13.6. The van der Waals surface area contributed by atoms with Crippen molar-refractivity contribution in [1.29, 1.82) is 0 Å². The minimum absolute atomic E-state index is 0.00726. The van der Waals surface area contributed by atoms with Crippen LogP contribution in [0, 0.1) is 5.92 Å². The van der Waals surface area contributed by atoms with Gasteiger partial charge in [-0.15, -0.1) is 0 Å². The van der Waals surface area contributed by atoms with E-state index >= 15 is 0 Å². The predicted octanol–water partition coefficient (Wildman–Crippen LogP) is 5.12. The standard InChI is InChI=1S/C38H50N6O7/c1-25-22-44(26(2)24-45)37(48)21-27-20-29(40-35(46)12-6-5-7-13-36(47)42-32-11-9-8-10-31(32)39)16-19-33(27)51-34(25)23-43(3)38(49)41-28-14-17-30(50-4)18-15-28/h8-11,14-20,25-26,34,45H,5-7,12-13,21-24,39H2,1-4H3,(H,40,46)(H,41,49)(H,42,47)/t25-,26-,34-/m0/s1. The fraction of sp³-hybridized carbons (Fsp3) is 0.421. The van der Waals surface area contributed by atoms with Gasteiger partial charge < -0.3 is 46.1 Å². The number of unbranched alkanes of at least 4 members (excludes halogenated alkanes) is 2. The smallest absolute Gasteiger partial charge is 0.321 e. The van der Waals surface area contributed by atoms with Crippen LogP contribution in [0.3, 0.4) is 0 Å². The summed E-state index contributed by atoms with van der Waals surface area (Å²) in [5, 5.41) is 18.6. The lowest BCUT2D eigenvalue weighted by Crippen LogP contribution is -2.48. The Balaban J connectivity index is 1.37. The number of carbonyl (C=O) groups excluding carboxylic acids is 4. The number of para-hydroxylation sites is 2. The van der Waals surface area contributed by atoms with E-state index in [9.17, 15) is 24.3 Å². The molecule has 274 valence electrons. The van der Waals surface area contributed by atoms with Gasteiger partial charge >= 0.3 is 6.03 Å². The Morgan fingerprint density at radius 2 is 1.65 bits per heavy atom. The number of likely N-dealkylation sites (N-methyl/N-ethyl adjacent to an activating group) is 1. The molecule has 0 spiro atoms. The van der Waals surface area contributed by atoms with Crippen molar-refractivity contribution in [1.82, 2.24) is 9.80 Å². The molecule has 0 saturated carbocycles. The molecule has 0 unspecified atom stereocenters. The number of benzene rings is 3. The quantitative estimate of drug-likeness (QED) is 0.114. The number of aliphatic hydroxyl groups excluding tert-OH is 1. The van der Waals surface area contributed by atoms with Crippen LogP contribution in [0.2, 0.25) is 0 Å². The van der Waals surface area contributed by atoms with Gasteiger partial charge in [0.15, 0.2) is 0 Å². The molecule has 6 N–H and O–H groups in total. The van der Waals surface area contributed by atoms with Crippen molar-refractivity contribution < 1.29 is 33.8 Å². The molecule has 0 radical (unpaired) electrons. The van der Waals surface area contributed by atoms with Crippen molar-refractivity contribution in [3.8, 4) is 11.5 Å². The lowest BCUT2D eigenvalue weighted by molar-refractivity contribution is -0.134. The van der Waals surface area contributed by atoms with Crippen molar-refractivity contribution >= 4 is 46.5 Å². The number of hydrogen-bond donors (Lipinski definition) is 5. The normalized spacial score (nSPS) is 16.3. The zero-order valence-corrected chi connectivity index (χ0v) is 29.8. The average molecular weight is 703 g/mol. The van der Waals surface area contributed by atoms with Crippen LogP contribution in [0.4, 0.5) is 27.5 Å². The molecule has 5 amide bonds. The number of amides is 5. The first kappa shape index (κ1) is 38.5. The molecule has 51 heavy (non-hydrogen) atoms. The lowest BCUT2D eigenvalue weighted by Gasteiger charge is -2.34. The second-order valence-electron chi connectivity index (χ2n) is 13.0. The largest absolute Gasteiger partial charge is 0.497 e. The second-order valence-corrected chi connectivity index (χ2v) is 13.0. The zero-order chi connectivity index (χ0) is 36.9. The number of anilines is 4. The average Bonchev–Trinajstić information content (AvgIpc) is 3.16. The predicted molar refractivity (Wildman–Crippen MR) is 198 cm³/mol. The Hall–Kier alpha value is -5.30. The van der Waals surface area contributed by atoms with Gasteiger partial charge in [0.1, 0.15) is 17.6 Å². The minimum atomic E-state index is -0.498. The van der Waals surface area contributed by atoms with Gasteiger partial charge in [-0.2, -0.15) is 0 Å². The molecule has 1 heterocycles. The van der Waals surface area contributed by atoms with Gasteiger partial charge in [0.05, 0.1) is 44.1 Å². The first-order chi connectivity index (χ1) is 24.5. The molecule has 0 aromatic heterocycles. The Kier molecular flexibility index (Phi) is 14.1. The fourth-order valence-corrected chi connectivity index (χ4v) is 5.77. The topological polar surface area (TPSA) is 176 Å². The summed E-state index contributed by atoms with van der Waals surface area (Å²) in [5.41, 5.74) is 8.70. The molecule has 1 aliphatic heterocycles. The van der Waals surface area contributed by atoms with Gasteiger partial charge in [0, 0.05) is 49.3 Å². The van der Waals surface area contributed by atoms with Crippen LogP contribution < -0.4 is 31.2 Å². The van der Waals surface area contributed by atoms with E-state index in [0.717, 1.165) is 0 Å². The SMILES string of the molecule is COc1ccc(NC(=O)N(C)C[C@@H]2Oc3ccc(NC(=O)CCCCCC(=O)Nc4ccccc4N)cc3CC(=O)N([C@@H](C)CO)C[C@@H]2C)cc1. The van der Waals surface area contributed by atoms with Gasteiger partial charge in [0.2, 0.25) is 17.7 Å². The number of hydrogen-bond acceptors (Lipinski definition) is 8. The summed E-state index contributed by atoms with van der Waals surface area (Å²) >= 11 is 0. The van der Waals surface area contributed by atoms with Gasteiger partial charge in [0.25, 0.3) is 0 Å². The number of urea groups is 1. The highest BCUT2D eigenvalue weighted by Gasteiger charge is 2.32. The van der Waals surface area contributed by atoms with Crippen molar-refractivity contribution in [3.05, 3.63) is 72.3 Å². The Morgan fingerprint density at radius 1 is 0.980 bits per heavy atom. The Bertz CT molecular complexity index is 1650. The van der Waals surface area contributed by atoms with Crippen LogP contribution in [-0.4, -0.2) is 84.7 Å². The van der Waals surface area contributed by atoms with E-state index < -0.39 is 12.1 Å². The molecule has 3 atom stereocenters. The van der Waals surface area contributed by atoms with Crippen LogP contribution >= 0.6 is 0 Å². The van der Waals surface area contributed by atoms with E-state index in [1.807, 2.05) is 6.92 Å². The van der Waals surface area contributed by atoms with Crippen LogP contribution in [-0.2, 0) is 20.8 Å². The number of nitrogens with two attached hydrogens (primary N) is 1. The van der Waals surface area contributed by atoms with Crippen LogP contribution in [0.25, 0.3) is 0 Å². The van der Waals surface area contributed by atoms with Gasteiger partial charge in [-0.05, 0) is 74.4 Å². The van der Waals surface area contributed by atoms with E-state index in [1.54, 1.807) is 92.7 Å². The molecule has 0 fully saturated rings. The number of fused-ring (bicyclic) bond motifs is 1. The second kappa shape index (κ2) is 18.6. The maximum absolute atomic E-state index is 13.6. The lowest BCUT2D eigenvalue weighted by atomic mass is 10.0. The molecular weight excluding hydrogens is 652 g/mol. The van der Waals surface area contributed by atoms with E-state index in [1.165, 1.54) is 4.90 Å². The van der Waals surface area contributed by atoms with Crippen molar-refractivity contribution in [3.63, 3.8) is 0 Å². The summed E-state index contributed by atoms with van der Waals surface area (Å²) < 4.78 is 11.7. The van der Waals surface area contributed by atoms with Crippen LogP contribution in [0.5, 0.6) is 11.5 Å².